The van der Waals surface area contributed by atoms with Crippen molar-refractivity contribution >= 4 is 11.8 Å². The lowest BCUT2D eigenvalue weighted by Crippen LogP contribution is -2.25. The molecule has 15 heavy (non-hydrogen) atoms. The van der Waals surface area contributed by atoms with E-state index in [-0.39, 0.29) is 10.9 Å². The summed E-state index contributed by atoms with van der Waals surface area (Å²) in [5.74, 6) is 1.16. The standard InChI is InChI=1S/C11H18N2OS/c1-3-13-8-9(7-12-13)10(14)11(2)5-4-6-15-11/h7-8,10,14H,3-6H2,1-2H3. The average Bonchev–Trinajstić information content (AvgIpc) is 2.85. The van der Waals surface area contributed by atoms with E-state index in [2.05, 4.69) is 18.9 Å². The molecule has 1 saturated heterocycles. The zero-order valence-electron chi connectivity index (χ0n) is 9.31. The second-order valence-corrected chi connectivity index (χ2v) is 5.93. The van der Waals surface area contributed by atoms with Crippen LogP contribution in [0.4, 0.5) is 0 Å². The van der Waals surface area contributed by atoms with Gasteiger partial charge in [0.2, 0.25) is 0 Å². The van der Waals surface area contributed by atoms with Crippen LogP contribution < -0.4 is 0 Å². The van der Waals surface area contributed by atoms with E-state index < -0.39 is 0 Å². The van der Waals surface area contributed by atoms with Crippen molar-refractivity contribution in [3.63, 3.8) is 0 Å². The van der Waals surface area contributed by atoms with Crippen molar-refractivity contribution in [2.24, 2.45) is 0 Å². The highest BCUT2D eigenvalue weighted by Crippen LogP contribution is 2.46. The summed E-state index contributed by atoms with van der Waals surface area (Å²) >= 11 is 1.88. The van der Waals surface area contributed by atoms with Crippen molar-refractivity contribution in [1.29, 1.82) is 0 Å². The van der Waals surface area contributed by atoms with Gasteiger partial charge in [0, 0.05) is 23.1 Å². The maximum Gasteiger partial charge on any atom is 0.0964 e. The minimum absolute atomic E-state index is 0.0123. The largest absolute Gasteiger partial charge is 0.387 e. The van der Waals surface area contributed by atoms with Crippen LogP contribution in [-0.2, 0) is 6.54 Å². The Hall–Kier alpha value is -0.480. The second kappa shape index (κ2) is 4.18. The Labute approximate surface area is 94.9 Å². The fourth-order valence-corrected chi connectivity index (χ4v) is 3.40. The normalized spacial score (nSPS) is 28.2. The summed E-state index contributed by atoms with van der Waals surface area (Å²) in [5, 5.41) is 14.5. The highest BCUT2D eigenvalue weighted by atomic mass is 32.2. The summed E-state index contributed by atoms with van der Waals surface area (Å²) in [6, 6.07) is 0. The van der Waals surface area contributed by atoms with E-state index in [4.69, 9.17) is 0 Å². The number of rotatable bonds is 3. The third-order valence-corrected chi connectivity index (χ3v) is 4.70. The zero-order valence-corrected chi connectivity index (χ0v) is 10.1. The van der Waals surface area contributed by atoms with Crippen LogP contribution in [0.2, 0.25) is 0 Å². The molecule has 0 aliphatic carbocycles. The van der Waals surface area contributed by atoms with Gasteiger partial charge < -0.3 is 5.11 Å². The molecule has 3 nitrogen and oxygen atoms in total. The minimum Gasteiger partial charge on any atom is -0.387 e. The van der Waals surface area contributed by atoms with E-state index in [1.165, 1.54) is 6.42 Å². The van der Waals surface area contributed by atoms with Crippen molar-refractivity contribution in [1.82, 2.24) is 9.78 Å². The highest BCUT2D eigenvalue weighted by Gasteiger charge is 2.38. The number of nitrogens with zero attached hydrogens (tertiary/aromatic N) is 2. The Morgan fingerprint density at radius 3 is 3.07 bits per heavy atom. The van der Waals surface area contributed by atoms with Crippen LogP contribution in [0.1, 0.15) is 38.4 Å². The quantitative estimate of drug-likeness (QED) is 0.859. The van der Waals surface area contributed by atoms with Gasteiger partial charge in [0.25, 0.3) is 0 Å². The number of hydrogen-bond donors (Lipinski definition) is 1. The summed E-state index contributed by atoms with van der Waals surface area (Å²) in [5.41, 5.74) is 0.953. The molecule has 2 atom stereocenters. The van der Waals surface area contributed by atoms with E-state index in [9.17, 15) is 5.11 Å². The maximum absolute atomic E-state index is 10.3. The van der Waals surface area contributed by atoms with Crippen molar-refractivity contribution in [2.45, 2.75) is 44.1 Å². The van der Waals surface area contributed by atoms with Crippen LogP contribution in [0.3, 0.4) is 0 Å². The Morgan fingerprint density at radius 1 is 1.73 bits per heavy atom. The second-order valence-electron chi connectivity index (χ2n) is 4.30. The molecule has 0 bridgehead atoms. The van der Waals surface area contributed by atoms with Crippen molar-refractivity contribution in [3.8, 4) is 0 Å². The molecule has 1 aromatic heterocycles. The van der Waals surface area contributed by atoms with Crippen LogP contribution in [0.5, 0.6) is 0 Å². The predicted octanol–water partition coefficient (Wildman–Crippen LogP) is 2.22. The van der Waals surface area contributed by atoms with Gasteiger partial charge in [-0.2, -0.15) is 16.9 Å². The number of aliphatic hydroxyl groups excluding tert-OH is 1. The molecule has 1 fully saturated rings. The number of aromatic nitrogens is 2. The molecule has 1 aliphatic rings. The Bertz CT molecular complexity index is 331. The van der Waals surface area contributed by atoms with E-state index in [0.717, 1.165) is 24.3 Å². The molecule has 0 radical (unpaired) electrons. The molecule has 1 aliphatic heterocycles. The molecule has 4 heteroatoms. The first-order valence-electron chi connectivity index (χ1n) is 5.50. The topological polar surface area (TPSA) is 38.0 Å². The van der Waals surface area contributed by atoms with Crippen LogP contribution in [-0.4, -0.2) is 25.4 Å². The molecule has 0 aromatic carbocycles. The molecule has 0 saturated carbocycles. The van der Waals surface area contributed by atoms with Crippen molar-refractivity contribution in [2.75, 3.05) is 5.75 Å². The van der Waals surface area contributed by atoms with Gasteiger partial charge in [0.15, 0.2) is 0 Å². The molecule has 2 heterocycles. The number of aliphatic hydroxyl groups is 1. The maximum atomic E-state index is 10.3. The summed E-state index contributed by atoms with van der Waals surface area (Å²) < 4.78 is 1.85. The summed E-state index contributed by atoms with van der Waals surface area (Å²) in [6.45, 7) is 5.06. The molecular formula is C11H18N2OS. The fraction of sp³-hybridized carbons (Fsp3) is 0.727. The lowest BCUT2D eigenvalue weighted by Gasteiger charge is -2.28. The van der Waals surface area contributed by atoms with E-state index in [1.54, 1.807) is 6.20 Å². The average molecular weight is 226 g/mol. The van der Waals surface area contributed by atoms with Crippen LogP contribution in [0.25, 0.3) is 0 Å². The summed E-state index contributed by atoms with van der Waals surface area (Å²) in [6.07, 6.45) is 5.66. The summed E-state index contributed by atoms with van der Waals surface area (Å²) in [4.78, 5) is 0. The van der Waals surface area contributed by atoms with Crippen LogP contribution in [0, 0.1) is 0 Å². The van der Waals surface area contributed by atoms with Gasteiger partial charge in [-0.25, -0.2) is 0 Å². The van der Waals surface area contributed by atoms with Gasteiger partial charge in [-0.15, -0.1) is 0 Å². The lowest BCUT2D eigenvalue weighted by molar-refractivity contribution is 0.135. The Kier molecular flexibility index (Phi) is 3.07. The van der Waals surface area contributed by atoms with E-state index >= 15 is 0 Å². The molecule has 2 rings (SSSR count). The molecular weight excluding hydrogens is 208 g/mol. The molecule has 0 spiro atoms. The number of thioether (sulfide) groups is 1. The predicted molar refractivity (Wildman–Crippen MR) is 63.0 cm³/mol. The Morgan fingerprint density at radius 2 is 2.53 bits per heavy atom. The van der Waals surface area contributed by atoms with Gasteiger partial charge in [0.05, 0.1) is 12.3 Å². The summed E-state index contributed by atoms with van der Waals surface area (Å²) in [7, 11) is 0. The highest BCUT2D eigenvalue weighted by molar-refractivity contribution is 8.00. The minimum atomic E-state index is -0.384. The van der Waals surface area contributed by atoms with E-state index in [1.807, 2.05) is 22.6 Å². The van der Waals surface area contributed by atoms with Crippen molar-refractivity contribution < 1.29 is 5.11 Å². The van der Waals surface area contributed by atoms with E-state index in [0.29, 0.717) is 0 Å². The smallest absolute Gasteiger partial charge is 0.0964 e. The molecule has 1 N–H and O–H groups in total. The third-order valence-electron chi connectivity index (χ3n) is 3.12. The van der Waals surface area contributed by atoms with Gasteiger partial charge in [-0.3, -0.25) is 4.68 Å². The van der Waals surface area contributed by atoms with Gasteiger partial charge in [-0.1, -0.05) is 0 Å². The fourth-order valence-electron chi connectivity index (χ4n) is 2.06. The number of aryl methyl sites for hydroxylation is 1. The van der Waals surface area contributed by atoms with Gasteiger partial charge in [-0.05, 0) is 32.4 Å². The first-order valence-corrected chi connectivity index (χ1v) is 6.48. The molecule has 1 aromatic rings. The molecule has 2 unspecified atom stereocenters. The van der Waals surface area contributed by atoms with Crippen molar-refractivity contribution in [3.05, 3.63) is 18.0 Å². The monoisotopic (exact) mass is 226 g/mol. The molecule has 0 amide bonds. The molecule has 84 valence electrons. The van der Waals surface area contributed by atoms with Gasteiger partial charge in [0.1, 0.15) is 0 Å². The zero-order chi connectivity index (χ0) is 10.9. The Balaban J connectivity index is 2.15. The first kappa shape index (κ1) is 11.0. The SMILES string of the molecule is CCn1cc(C(O)C2(C)CCCS2)cn1. The third kappa shape index (κ3) is 2.06. The van der Waals surface area contributed by atoms with Crippen LogP contribution in [0.15, 0.2) is 12.4 Å². The number of hydrogen-bond acceptors (Lipinski definition) is 3. The van der Waals surface area contributed by atoms with Gasteiger partial charge >= 0.3 is 0 Å². The lowest BCUT2D eigenvalue weighted by atomic mass is 9.95. The van der Waals surface area contributed by atoms with Crippen LogP contribution >= 0.6 is 11.8 Å². The first-order chi connectivity index (χ1) is 7.15.